The highest BCUT2D eigenvalue weighted by Crippen LogP contribution is 2.30. The van der Waals surface area contributed by atoms with Crippen molar-refractivity contribution in [2.24, 2.45) is 0 Å². The third-order valence-electron chi connectivity index (χ3n) is 4.44. The lowest BCUT2D eigenvalue weighted by Gasteiger charge is -2.27. The van der Waals surface area contributed by atoms with Gasteiger partial charge in [-0.3, -0.25) is 0 Å². The zero-order valence-corrected chi connectivity index (χ0v) is 16.6. The van der Waals surface area contributed by atoms with E-state index in [1.807, 2.05) is 30.5 Å². The van der Waals surface area contributed by atoms with Crippen molar-refractivity contribution in [3.8, 4) is 0 Å². The van der Waals surface area contributed by atoms with E-state index < -0.39 is 25.9 Å². The van der Waals surface area contributed by atoms with Crippen LogP contribution in [0, 0.1) is 13.8 Å². The molecule has 2 aromatic rings. The van der Waals surface area contributed by atoms with Gasteiger partial charge in [0.05, 0.1) is 16.4 Å². The van der Waals surface area contributed by atoms with E-state index in [-0.39, 0.29) is 22.9 Å². The maximum atomic E-state index is 13.4. The maximum absolute atomic E-state index is 13.4. The van der Waals surface area contributed by atoms with Crippen LogP contribution >= 0.6 is 11.3 Å². The molecule has 1 aromatic heterocycles. The number of hydrogen-bond acceptors (Lipinski definition) is 5. The molecule has 1 aliphatic heterocycles. The van der Waals surface area contributed by atoms with E-state index >= 15 is 0 Å². The third kappa shape index (κ3) is 3.97. The number of thiophene rings is 1. The summed E-state index contributed by atoms with van der Waals surface area (Å²) in [6.45, 7) is 3.82. The van der Waals surface area contributed by atoms with Crippen LogP contribution < -0.4 is 0 Å². The Morgan fingerprint density at radius 1 is 1.24 bits per heavy atom. The van der Waals surface area contributed by atoms with Gasteiger partial charge in [-0.1, -0.05) is 18.2 Å². The fourth-order valence-electron chi connectivity index (χ4n) is 3.08. The minimum absolute atomic E-state index is 0.0426. The standard InChI is InChI=1S/C17H21NO4S3/c1-13-5-6-14(2)17(10-13)25(21,22)18(11-16-4-3-8-23-16)15-7-9-24(19,20)12-15/h3-6,8,10,15H,7,9,11-12H2,1-2H3. The van der Waals surface area contributed by atoms with Crippen molar-refractivity contribution in [2.45, 2.75) is 37.8 Å². The summed E-state index contributed by atoms with van der Waals surface area (Å²) in [4.78, 5) is 1.16. The summed E-state index contributed by atoms with van der Waals surface area (Å²) in [5.74, 6) is -0.0661. The third-order valence-corrected chi connectivity index (χ3v) is 9.09. The zero-order valence-electron chi connectivity index (χ0n) is 14.2. The molecule has 1 aromatic carbocycles. The van der Waals surface area contributed by atoms with Crippen LogP contribution in [0.25, 0.3) is 0 Å². The first kappa shape index (κ1) is 18.6. The van der Waals surface area contributed by atoms with E-state index in [1.54, 1.807) is 19.1 Å². The lowest BCUT2D eigenvalue weighted by atomic mass is 10.2. The van der Waals surface area contributed by atoms with Gasteiger partial charge < -0.3 is 0 Å². The molecule has 1 fully saturated rings. The first-order valence-corrected chi connectivity index (χ1v) is 12.1. The molecule has 136 valence electrons. The number of rotatable bonds is 5. The largest absolute Gasteiger partial charge is 0.243 e. The normalized spacial score (nSPS) is 20.2. The fraction of sp³-hybridized carbons (Fsp3) is 0.412. The van der Waals surface area contributed by atoms with Crippen LogP contribution in [0.4, 0.5) is 0 Å². The highest BCUT2D eigenvalue weighted by molar-refractivity contribution is 7.92. The van der Waals surface area contributed by atoms with E-state index in [0.29, 0.717) is 12.0 Å². The second kappa shape index (κ2) is 6.83. The first-order chi connectivity index (χ1) is 11.7. The SMILES string of the molecule is Cc1ccc(C)c(S(=O)(=O)N(Cc2cccs2)C2CCS(=O)(=O)C2)c1. The summed E-state index contributed by atoms with van der Waals surface area (Å²) < 4.78 is 51.9. The van der Waals surface area contributed by atoms with Gasteiger partial charge in [0.25, 0.3) is 0 Å². The summed E-state index contributed by atoms with van der Waals surface area (Å²) in [6, 6.07) is 8.55. The van der Waals surface area contributed by atoms with Crippen molar-refractivity contribution in [2.75, 3.05) is 11.5 Å². The first-order valence-electron chi connectivity index (χ1n) is 8.01. The Balaban J connectivity index is 2.05. The molecule has 8 heteroatoms. The topological polar surface area (TPSA) is 71.5 Å². The van der Waals surface area contributed by atoms with Gasteiger partial charge in [-0.2, -0.15) is 4.31 Å². The summed E-state index contributed by atoms with van der Waals surface area (Å²) in [5.41, 5.74) is 1.53. The smallest absolute Gasteiger partial charge is 0.229 e. The monoisotopic (exact) mass is 399 g/mol. The van der Waals surface area contributed by atoms with E-state index in [0.717, 1.165) is 10.4 Å². The number of sulfonamides is 1. The molecule has 0 saturated carbocycles. The summed E-state index contributed by atoms with van der Waals surface area (Å²) in [7, 11) is -6.97. The molecule has 3 rings (SSSR count). The maximum Gasteiger partial charge on any atom is 0.243 e. The van der Waals surface area contributed by atoms with E-state index in [9.17, 15) is 16.8 Å². The zero-order chi connectivity index (χ0) is 18.2. The van der Waals surface area contributed by atoms with Gasteiger partial charge in [-0.15, -0.1) is 11.3 Å². The molecule has 0 spiro atoms. The summed E-state index contributed by atoms with van der Waals surface area (Å²) >= 11 is 1.47. The molecule has 25 heavy (non-hydrogen) atoms. The Labute approximate surface area is 153 Å². The van der Waals surface area contributed by atoms with Gasteiger partial charge in [-0.25, -0.2) is 16.8 Å². The van der Waals surface area contributed by atoms with Crippen molar-refractivity contribution < 1.29 is 16.8 Å². The Morgan fingerprint density at radius 2 is 2.00 bits per heavy atom. The predicted molar refractivity (Wildman–Crippen MR) is 100 cm³/mol. The van der Waals surface area contributed by atoms with Crippen LogP contribution in [0.2, 0.25) is 0 Å². The molecule has 2 heterocycles. The molecule has 0 N–H and O–H groups in total. The van der Waals surface area contributed by atoms with Crippen molar-refractivity contribution in [3.05, 3.63) is 51.7 Å². The Kier molecular flexibility index (Phi) is 5.07. The van der Waals surface area contributed by atoms with Crippen LogP contribution in [0.1, 0.15) is 22.4 Å². The van der Waals surface area contributed by atoms with Gasteiger partial charge in [0.15, 0.2) is 9.84 Å². The van der Waals surface area contributed by atoms with Crippen LogP contribution in [-0.4, -0.2) is 38.7 Å². The molecule has 1 saturated heterocycles. The van der Waals surface area contributed by atoms with Crippen molar-refractivity contribution >= 4 is 31.2 Å². The molecule has 0 aliphatic carbocycles. The number of nitrogens with zero attached hydrogens (tertiary/aromatic N) is 1. The van der Waals surface area contributed by atoms with Gasteiger partial charge in [0.2, 0.25) is 10.0 Å². The molecule has 5 nitrogen and oxygen atoms in total. The van der Waals surface area contributed by atoms with Crippen LogP contribution in [0.3, 0.4) is 0 Å². The van der Waals surface area contributed by atoms with Gasteiger partial charge >= 0.3 is 0 Å². The molecule has 0 bridgehead atoms. The average molecular weight is 400 g/mol. The number of hydrogen-bond donors (Lipinski definition) is 0. The molecular formula is C17H21NO4S3. The van der Waals surface area contributed by atoms with Crippen LogP contribution in [0.15, 0.2) is 40.6 Å². The summed E-state index contributed by atoms with van der Waals surface area (Å²) in [6.07, 6.45) is 0.345. The molecular weight excluding hydrogens is 378 g/mol. The fourth-order valence-corrected chi connectivity index (χ4v) is 7.63. The minimum atomic E-state index is -3.79. The summed E-state index contributed by atoms with van der Waals surface area (Å²) in [5, 5.41) is 1.89. The van der Waals surface area contributed by atoms with E-state index in [4.69, 9.17) is 0 Å². The van der Waals surface area contributed by atoms with Crippen molar-refractivity contribution in [3.63, 3.8) is 0 Å². The second-order valence-corrected chi connectivity index (χ2v) is 11.6. The van der Waals surface area contributed by atoms with Gasteiger partial charge in [0.1, 0.15) is 0 Å². The number of sulfone groups is 1. The van der Waals surface area contributed by atoms with Gasteiger partial charge in [-0.05, 0) is 48.9 Å². The number of benzene rings is 1. The lowest BCUT2D eigenvalue weighted by molar-refractivity contribution is 0.336. The second-order valence-electron chi connectivity index (χ2n) is 6.46. The van der Waals surface area contributed by atoms with E-state index in [2.05, 4.69) is 0 Å². The van der Waals surface area contributed by atoms with Crippen molar-refractivity contribution in [1.82, 2.24) is 4.31 Å². The Bertz CT molecular complexity index is 963. The molecule has 0 amide bonds. The molecule has 1 unspecified atom stereocenters. The van der Waals surface area contributed by atoms with E-state index in [1.165, 1.54) is 15.6 Å². The Morgan fingerprint density at radius 3 is 2.60 bits per heavy atom. The highest BCUT2D eigenvalue weighted by atomic mass is 32.2. The van der Waals surface area contributed by atoms with Crippen LogP contribution in [0.5, 0.6) is 0 Å². The molecule has 0 radical (unpaired) electrons. The quantitative estimate of drug-likeness (QED) is 0.775. The molecule has 1 aliphatic rings. The highest BCUT2D eigenvalue weighted by Gasteiger charge is 2.39. The van der Waals surface area contributed by atoms with Crippen molar-refractivity contribution in [1.29, 1.82) is 0 Å². The predicted octanol–water partition coefficient (Wildman–Crippen LogP) is 2.74. The van der Waals surface area contributed by atoms with Gasteiger partial charge in [0, 0.05) is 17.5 Å². The number of aryl methyl sites for hydroxylation is 2. The van der Waals surface area contributed by atoms with Crippen LogP contribution in [-0.2, 0) is 26.4 Å². The Hall–Kier alpha value is -1.22. The minimum Gasteiger partial charge on any atom is -0.229 e. The lowest BCUT2D eigenvalue weighted by Crippen LogP contribution is -2.40. The average Bonchev–Trinajstić information content (AvgIpc) is 3.16. The molecule has 1 atom stereocenters.